The summed E-state index contributed by atoms with van der Waals surface area (Å²) < 4.78 is 22.7. The summed E-state index contributed by atoms with van der Waals surface area (Å²) in [4.78, 5) is 22.9. The number of aliphatic carboxylic acids is 1. The predicted molar refractivity (Wildman–Crippen MR) is 136 cm³/mol. The maximum Gasteiger partial charge on any atom is 0.308 e. The number of nitrogens with zero attached hydrogens (tertiary/aromatic N) is 4. The van der Waals surface area contributed by atoms with Gasteiger partial charge in [0, 0.05) is 43.3 Å². The Kier molecular flexibility index (Phi) is 8.62. The minimum Gasteiger partial charge on any atom is -0.497 e. The third-order valence-electron chi connectivity index (χ3n) is 6.89. The molecule has 3 aromatic rings. The Morgan fingerprint density at radius 3 is 2.91 bits per heavy atom. The lowest BCUT2D eigenvalue weighted by atomic mass is 9.81. The van der Waals surface area contributed by atoms with Crippen molar-refractivity contribution in [3.05, 3.63) is 48.4 Å². The standard InChI is InChI=1S/C26H33FN4O3S/c1-30-14-11-29-26(30)35-15-3-12-31-13-9-18(22(17-31)25(32)33)4-6-23(27)20-8-10-28-24-7-5-19(34-2)16-21(20)24/h5,7-8,10-11,14,16,18,22-23H,3-4,6,9,12-13,15,17H2,1-2H3,(H,32,33)/t18-,22+,23?/m1/s1. The Bertz CT molecular complexity index is 1140. The van der Waals surface area contributed by atoms with Crippen LogP contribution in [0.3, 0.4) is 0 Å². The average Bonchev–Trinajstić information content (AvgIpc) is 3.29. The summed E-state index contributed by atoms with van der Waals surface area (Å²) >= 11 is 1.72. The number of halogens is 1. The van der Waals surface area contributed by atoms with Gasteiger partial charge in [0.25, 0.3) is 0 Å². The number of hydrogen-bond acceptors (Lipinski definition) is 6. The van der Waals surface area contributed by atoms with Crippen LogP contribution < -0.4 is 4.74 Å². The number of benzene rings is 1. The van der Waals surface area contributed by atoms with Crippen LogP contribution in [0.25, 0.3) is 10.9 Å². The van der Waals surface area contributed by atoms with Crippen LogP contribution in [0.5, 0.6) is 5.75 Å². The zero-order valence-electron chi connectivity index (χ0n) is 20.3. The van der Waals surface area contributed by atoms with E-state index in [1.807, 2.05) is 36.0 Å². The highest BCUT2D eigenvalue weighted by atomic mass is 32.2. The first kappa shape index (κ1) is 25.4. The quantitative estimate of drug-likeness (QED) is 0.294. The molecule has 35 heavy (non-hydrogen) atoms. The molecule has 1 aromatic carbocycles. The van der Waals surface area contributed by atoms with Gasteiger partial charge in [0.15, 0.2) is 5.16 Å². The number of aromatic nitrogens is 3. The number of aryl methyl sites for hydroxylation is 1. The van der Waals surface area contributed by atoms with Crippen molar-refractivity contribution in [1.29, 1.82) is 0 Å². The minimum absolute atomic E-state index is 0.0217. The van der Waals surface area contributed by atoms with E-state index in [1.54, 1.807) is 37.3 Å². The van der Waals surface area contributed by atoms with Crippen LogP contribution in [0.4, 0.5) is 4.39 Å². The first-order valence-corrected chi connectivity index (χ1v) is 13.1. The van der Waals surface area contributed by atoms with Crippen LogP contribution in [0.2, 0.25) is 0 Å². The normalized spacial score (nSPS) is 19.6. The molecule has 4 rings (SSSR count). The van der Waals surface area contributed by atoms with Crippen molar-refractivity contribution in [2.45, 2.75) is 37.0 Å². The maximum atomic E-state index is 15.4. The fourth-order valence-electron chi connectivity index (χ4n) is 4.90. The van der Waals surface area contributed by atoms with Gasteiger partial charge in [-0.15, -0.1) is 0 Å². The first-order chi connectivity index (χ1) is 17.0. The molecule has 0 spiro atoms. The lowest BCUT2D eigenvalue weighted by Gasteiger charge is -2.36. The second-order valence-corrected chi connectivity index (χ2v) is 10.2. The van der Waals surface area contributed by atoms with Crippen molar-refractivity contribution in [2.75, 3.05) is 32.5 Å². The molecule has 0 aliphatic carbocycles. The van der Waals surface area contributed by atoms with E-state index in [2.05, 4.69) is 14.9 Å². The second-order valence-electron chi connectivity index (χ2n) is 9.14. The first-order valence-electron chi connectivity index (χ1n) is 12.1. The van der Waals surface area contributed by atoms with Gasteiger partial charge in [-0.05, 0) is 74.5 Å². The molecule has 1 unspecified atom stereocenters. The highest BCUT2D eigenvalue weighted by Gasteiger charge is 2.34. The van der Waals surface area contributed by atoms with Gasteiger partial charge in [0.2, 0.25) is 0 Å². The molecule has 0 amide bonds. The van der Waals surface area contributed by atoms with Crippen molar-refractivity contribution < 1.29 is 19.0 Å². The van der Waals surface area contributed by atoms with Crippen molar-refractivity contribution in [1.82, 2.24) is 19.4 Å². The van der Waals surface area contributed by atoms with Gasteiger partial charge >= 0.3 is 5.97 Å². The van der Waals surface area contributed by atoms with Crippen molar-refractivity contribution in [3.8, 4) is 5.75 Å². The van der Waals surface area contributed by atoms with Gasteiger partial charge in [-0.2, -0.15) is 0 Å². The maximum absolute atomic E-state index is 15.4. The zero-order chi connectivity index (χ0) is 24.8. The van der Waals surface area contributed by atoms with Crippen molar-refractivity contribution in [3.63, 3.8) is 0 Å². The van der Waals surface area contributed by atoms with Crippen LogP contribution in [0, 0.1) is 11.8 Å². The number of likely N-dealkylation sites (tertiary alicyclic amines) is 1. The Balaban J connectivity index is 1.30. The van der Waals surface area contributed by atoms with E-state index < -0.39 is 18.1 Å². The Labute approximate surface area is 209 Å². The molecule has 3 atom stereocenters. The molecule has 1 aliphatic rings. The zero-order valence-corrected chi connectivity index (χ0v) is 21.1. The Hall–Kier alpha value is -2.65. The van der Waals surface area contributed by atoms with E-state index in [-0.39, 0.29) is 5.92 Å². The smallest absolute Gasteiger partial charge is 0.308 e. The second kappa shape index (κ2) is 11.9. The van der Waals surface area contributed by atoms with Crippen LogP contribution >= 0.6 is 11.8 Å². The number of imidazole rings is 1. The molecule has 7 nitrogen and oxygen atoms in total. The molecule has 2 aromatic heterocycles. The molecule has 0 bridgehead atoms. The van der Waals surface area contributed by atoms with E-state index >= 15 is 4.39 Å². The van der Waals surface area contributed by atoms with E-state index in [9.17, 15) is 9.90 Å². The largest absolute Gasteiger partial charge is 0.497 e. The lowest BCUT2D eigenvalue weighted by molar-refractivity contribution is -0.146. The monoisotopic (exact) mass is 500 g/mol. The van der Waals surface area contributed by atoms with Crippen molar-refractivity contribution >= 4 is 28.6 Å². The summed E-state index contributed by atoms with van der Waals surface area (Å²) in [6.07, 6.45) is 6.77. The summed E-state index contributed by atoms with van der Waals surface area (Å²) in [7, 11) is 3.56. The molecule has 0 radical (unpaired) electrons. The third-order valence-corrected chi connectivity index (χ3v) is 8.04. The number of rotatable bonds is 11. The summed E-state index contributed by atoms with van der Waals surface area (Å²) in [5.74, 6) is 0.336. The van der Waals surface area contributed by atoms with E-state index in [0.717, 1.165) is 47.7 Å². The Morgan fingerprint density at radius 1 is 1.31 bits per heavy atom. The number of carbonyl (C=O) groups is 1. The average molecular weight is 501 g/mol. The molecule has 1 N–H and O–H groups in total. The number of methoxy groups -OCH3 is 1. The molecule has 188 valence electrons. The third kappa shape index (κ3) is 6.32. The van der Waals surface area contributed by atoms with Gasteiger partial charge in [0.1, 0.15) is 11.9 Å². The number of carboxylic acid groups (broad SMARTS) is 1. The molecular formula is C26H33FN4O3S. The van der Waals surface area contributed by atoms with Gasteiger partial charge in [-0.25, -0.2) is 9.37 Å². The number of carboxylic acids is 1. The lowest BCUT2D eigenvalue weighted by Crippen LogP contribution is -2.44. The van der Waals surface area contributed by atoms with Crippen LogP contribution in [0.15, 0.2) is 48.0 Å². The number of ether oxygens (including phenoxy) is 1. The SMILES string of the molecule is COc1ccc2nccc(C(F)CC[C@@H]3CCN(CCCSc4nccn4C)C[C@@H]3C(=O)O)c2c1. The summed E-state index contributed by atoms with van der Waals surface area (Å²) in [6.45, 7) is 2.25. The highest BCUT2D eigenvalue weighted by Crippen LogP contribution is 2.35. The number of piperidine rings is 1. The number of hydrogen-bond donors (Lipinski definition) is 1. The molecule has 0 saturated carbocycles. The van der Waals surface area contributed by atoms with Crippen LogP contribution in [0.1, 0.15) is 37.4 Å². The molecule has 1 fully saturated rings. The van der Waals surface area contributed by atoms with E-state index in [1.165, 1.54) is 0 Å². The van der Waals surface area contributed by atoms with E-state index in [4.69, 9.17) is 4.74 Å². The fraction of sp³-hybridized carbons (Fsp3) is 0.500. The van der Waals surface area contributed by atoms with Gasteiger partial charge in [-0.3, -0.25) is 9.78 Å². The summed E-state index contributed by atoms with van der Waals surface area (Å²) in [6, 6.07) is 7.17. The minimum atomic E-state index is -1.18. The molecular weight excluding hydrogens is 467 g/mol. The number of fused-ring (bicyclic) bond motifs is 1. The number of alkyl halides is 1. The van der Waals surface area contributed by atoms with Crippen LogP contribution in [-0.2, 0) is 11.8 Å². The molecule has 1 saturated heterocycles. The highest BCUT2D eigenvalue weighted by molar-refractivity contribution is 7.99. The van der Waals surface area contributed by atoms with Gasteiger partial charge in [-0.1, -0.05) is 11.8 Å². The van der Waals surface area contributed by atoms with Gasteiger partial charge < -0.3 is 19.3 Å². The molecule has 9 heteroatoms. The topological polar surface area (TPSA) is 80.5 Å². The van der Waals surface area contributed by atoms with Crippen LogP contribution in [-0.4, -0.2) is 63.0 Å². The molecule has 1 aliphatic heterocycles. The Morgan fingerprint density at radius 2 is 2.17 bits per heavy atom. The predicted octanol–water partition coefficient (Wildman–Crippen LogP) is 4.97. The van der Waals surface area contributed by atoms with E-state index in [0.29, 0.717) is 30.7 Å². The number of pyridine rings is 1. The van der Waals surface area contributed by atoms with Crippen molar-refractivity contribution in [2.24, 2.45) is 18.9 Å². The number of thioether (sulfide) groups is 1. The fourth-order valence-corrected chi connectivity index (χ4v) is 5.76. The van der Waals surface area contributed by atoms with Gasteiger partial charge in [0.05, 0.1) is 18.5 Å². The summed E-state index contributed by atoms with van der Waals surface area (Å²) in [5, 5.41) is 11.6. The summed E-state index contributed by atoms with van der Waals surface area (Å²) in [5.41, 5.74) is 1.31. The molecule has 3 heterocycles.